The molecule has 3 saturated carbocycles. The van der Waals surface area contributed by atoms with Crippen LogP contribution in [0.15, 0.2) is 31.2 Å². The quantitative estimate of drug-likeness (QED) is 0.133. The van der Waals surface area contributed by atoms with E-state index in [-0.39, 0.29) is 64.6 Å². The second-order valence-electron chi connectivity index (χ2n) is 18.1. The van der Waals surface area contributed by atoms with Crippen molar-refractivity contribution in [3.05, 3.63) is 36.9 Å². The Morgan fingerprint density at radius 1 is 1.00 bits per heavy atom. The Hall–Kier alpha value is -3.56. The molecule has 1 N–H and O–H groups in total. The molecule has 0 unspecified atom stereocenters. The number of hydrogen-bond acceptors (Lipinski definition) is 8. The van der Waals surface area contributed by atoms with Crippen molar-refractivity contribution in [1.82, 2.24) is 20.2 Å². The molecule has 5 rings (SSSR count). The fraction of sp³-hybridized carbons (Fsp3) is 0.721. The van der Waals surface area contributed by atoms with E-state index in [4.69, 9.17) is 0 Å². The summed E-state index contributed by atoms with van der Waals surface area (Å²) in [5, 5.41) is 2.99. The van der Waals surface area contributed by atoms with Crippen LogP contribution in [0.25, 0.3) is 0 Å². The van der Waals surface area contributed by atoms with E-state index in [2.05, 4.69) is 35.7 Å². The van der Waals surface area contributed by atoms with Crippen molar-refractivity contribution in [2.24, 2.45) is 39.4 Å². The van der Waals surface area contributed by atoms with Gasteiger partial charge in [0.1, 0.15) is 5.69 Å². The Kier molecular flexibility index (Phi) is 12.3. The molecule has 1 saturated heterocycles. The Morgan fingerprint density at radius 3 is 2.25 bits per heavy atom. The van der Waals surface area contributed by atoms with Crippen LogP contribution in [0.4, 0.5) is 0 Å². The zero-order chi connectivity index (χ0) is 38.8. The molecule has 0 radical (unpaired) electrons. The first-order valence-corrected chi connectivity index (χ1v) is 20.2. The van der Waals surface area contributed by atoms with Gasteiger partial charge in [-0.1, -0.05) is 79.7 Å². The number of likely N-dealkylation sites (tertiary alicyclic amines) is 1. The van der Waals surface area contributed by atoms with Gasteiger partial charge in [-0.15, -0.1) is 6.58 Å². The molecule has 0 aromatic carbocycles. The maximum Gasteiger partial charge on any atom is 0.272 e. The van der Waals surface area contributed by atoms with E-state index in [9.17, 15) is 24.0 Å². The van der Waals surface area contributed by atoms with Gasteiger partial charge in [-0.3, -0.25) is 33.8 Å². The fourth-order valence-electron chi connectivity index (χ4n) is 10.6. The molecule has 10 heteroatoms. The van der Waals surface area contributed by atoms with E-state index in [1.807, 2.05) is 27.7 Å². The minimum Gasteiger partial charge on any atom is -0.341 e. The molecular weight excluding hydrogens is 668 g/mol. The third kappa shape index (κ3) is 7.71. The third-order valence-corrected chi connectivity index (χ3v) is 14.1. The summed E-state index contributed by atoms with van der Waals surface area (Å²) < 4.78 is 0. The van der Waals surface area contributed by atoms with Crippen LogP contribution >= 0.6 is 0 Å². The van der Waals surface area contributed by atoms with Gasteiger partial charge in [0.05, 0.1) is 18.3 Å². The molecule has 290 valence electrons. The molecule has 4 aliphatic rings. The van der Waals surface area contributed by atoms with Crippen LogP contribution in [0, 0.1) is 39.4 Å². The first-order chi connectivity index (χ1) is 25.0. The Labute approximate surface area is 316 Å². The summed E-state index contributed by atoms with van der Waals surface area (Å²) in [6, 6.07) is -1.51. The van der Waals surface area contributed by atoms with Crippen molar-refractivity contribution in [2.75, 3.05) is 6.54 Å². The zero-order valence-electron chi connectivity index (χ0n) is 33.0. The first kappa shape index (κ1) is 40.6. The summed E-state index contributed by atoms with van der Waals surface area (Å²) in [6.45, 7) is 16.4. The lowest BCUT2D eigenvalue weighted by molar-refractivity contribution is -0.147. The van der Waals surface area contributed by atoms with Crippen molar-refractivity contribution in [3.63, 3.8) is 0 Å². The van der Waals surface area contributed by atoms with Gasteiger partial charge in [0, 0.05) is 55.5 Å². The molecule has 2 amide bonds. The molecule has 5 atom stereocenters. The second-order valence-corrected chi connectivity index (χ2v) is 18.1. The molecule has 4 fully saturated rings. The lowest BCUT2D eigenvalue weighted by atomic mass is 9.73. The number of carbonyl (C=O) groups is 6. The number of nitrogens with zero attached hydrogens (tertiary/aromatic N) is 3. The van der Waals surface area contributed by atoms with E-state index in [0.717, 1.165) is 51.4 Å². The standard InChI is InChI=1S/C43H62N4O6/c1-8-10-18-33(48)37(51)29(15-9-2)23-34(49)32-25-43(41(6,7)42(43)19-14-20-42)27-47(32)39(53)30(40(3,4)5)24-35(50)36(28-16-12-11-13-17-28)46-38(52)31-26-44-21-22-45-31/h8,21-22,26,28-30,32,36H,1,9-20,23-25,27H2,2-7H3,(H,46,52)/t29-,30-,32+,36+,43-/m1/s1. The van der Waals surface area contributed by atoms with Crippen LogP contribution in [-0.2, 0) is 24.0 Å². The van der Waals surface area contributed by atoms with Gasteiger partial charge in [0.25, 0.3) is 5.91 Å². The number of amides is 2. The molecule has 1 aliphatic heterocycles. The van der Waals surface area contributed by atoms with E-state index in [1.165, 1.54) is 18.6 Å². The van der Waals surface area contributed by atoms with Gasteiger partial charge in [-0.25, -0.2) is 4.98 Å². The van der Waals surface area contributed by atoms with E-state index in [1.54, 1.807) is 11.0 Å². The number of rotatable bonds is 17. The Morgan fingerprint density at radius 2 is 1.70 bits per heavy atom. The van der Waals surface area contributed by atoms with E-state index >= 15 is 4.79 Å². The predicted octanol–water partition coefficient (Wildman–Crippen LogP) is 7.05. The Balaban J connectivity index is 1.43. The molecular formula is C43H62N4O6. The smallest absolute Gasteiger partial charge is 0.272 e. The van der Waals surface area contributed by atoms with Crippen LogP contribution in [-0.4, -0.2) is 68.4 Å². The molecule has 1 aromatic heterocycles. The van der Waals surface area contributed by atoms with Gasteiger partial charge < -0.3 is 10.2 Å². The summed E-state index contributed by atoms with van der Waals surface area (Å²) in [5.41, 5.74) is -0.716. The molecule has 0 bridgehead atoms. The highest BCUT2D eigenvalue weighted by Crippen LogP contribution is 2.88. The first-order valence-electron chi connectivity index (χ1n) is 20.2. The molecule has 53 heavy (non-hydrogen) atoms. The van der Waals surface area contributed by atoms with Crippen molar-refractivity contribution in [3.8, 4) is 0 Å². The SMILES string of the molecule is C=CCCC(=O)C(=O)[C@H](CCC)CC(=O)[C@@H]1C[C@@]2(CN1C(=O)[C@@H](CC(=O)[C@@H](NC(=O)c1cnccn1)C1CCCCC1)C(C)(C)C)C(C)(C)C21CCC1. The normalized spacial score (nSPS) is 24.9. The average molecular weight is 731 g/mol. The summed E-state index contributed by atoms with van der Waals surface area (Å²) >= 11 is 0. The van der Waals surface area contributed by atoms with Crippen LogP contribution in [0.5, 0.6) is 0 Å². The molecule has 3 aliphatic carbocycles. The van der Waals surface area contributed by atoms with E-state index in [0.29, 0.717) is 32.2 Å². The number of carbonyl (C=O) groups excluding carboxylic acids is 6. The summed E-state index contributed by atoms with van der Waals surface area (Å²) in [7, 11) is 0. The zero-order valence-corrected chi connectivity index (χ0v) is 33.0. The van der Waals surface area contributed by atoms with Gasteiger partial charge in [-0.2, -0.15) is 0 Å². The highest BCUT2D eigenvalue weighted by Gasteiger charge is 2.85. The lowest BCUT2D eigenvalue weighted by Crippen LogP contribution is -2.51. The van der Waals surface area contributed by atoms with Gasteiger partial charge >= 0.3 is 0 Å². The highest BCUT2D eigenvalue weighted by atomic mass is 16.2. The highest BCUT2D eigenvalue weighted by molar-refractivity contribution is 6.38. The monoisotopic (exact) mass is 730 g/mol. The number of allylic oxidation sites excluding steroid dienone is 1. The number of nitrogens with one attached hydrogen (secondary N) is 1. The van der Waals surface area contributed by atoms with Crippen LogP contribution < -0.4 is 5.32 Å². The van der Waals surface area contributed by atoms with Crippen molar-refractivity contribution < 1.29 is 28.8 Å². The largest absolute Gasteiger partial charge is 0.341 e. The fourth-order valence-corrected chi connectivity index (χ4v) is 10.6. The second kappa shape index (κ2) is 16.0. The number of hydrogen-bond donors (Lipinski definition) is 1. The number of Topliss-reactive ketones (excluding diaryl/α,β-unsaturated/α-hetero) is 4. The molecule has 10 nitrogen and oxygen atoms in total. The average Bonchev–Trinajstić information content (AvgIpc) is 3.32. The number of fused-ring (bicyclic) bond motifs is 1. The minimum atomic E-state index is -0.773. The lowest BCUT2D eigenvalue weighted by Gasteiger charge is -2.37. The van der Waals surface area contributed by atoms with Crippen molar-refractivity contribution in [1.29, 1.82) is 0 Å². The van der Waals surface area contributed by atoms with Crippen molar-refractivity contribution in [2.45, 2.75) is 150 Å². The van der Waals surface area contributed by atoms with Crippen LogP contribution in [0.2, 0.25) is 0 Å². The van der Waals surface area contributed by atoms with Crippen LogP contribution in [0.1, 0.15) is 148 Å². The topological polar surface area (TPSA) is 143 Å². The van der Waals surface area contributed by atoms with E-state index < -0.39 is 46.8 Å². The predicted molar refractivity (Wildman–Crippen MR) is 203 cm³/mol. The molecule has 1 aromatic rings. The van der Waals surface area contributed by atoms with Gasteiger partial charge in [0.2, 0.25) is 11.7 Å². The molecule has 2 spiro atoms. The maximum atomic E-state index is 15.1. The van der Waals surface area contributed by atoms with Gasteiger partial charge in [-0.05, 0) is 67.1 Å². The van der Waals surface area contributed by atoms with Gasteiger partial charge in [0.15, 0.2) is 17.3 Å². The molecule has 2 heterocycles. The summed E-state index contributed by atoms with van der Waals surface area (Å²) in [5.74, 6) is -3.55. The maximum absolute atomic E-state index is 15.1. The summed E-state index contributed by atoms with van der Waals surface area (Å²) in [4.78, 5) is 93.4. The third-order valence-electron chi connectivity index (χ3n) is 14.1. The van der Waals surface area contributed by atoms with Crippen molar-refractivity contribution >= 4 is 34.9 Å². The summed E-state index contributed by atoms with van der Waals surface area (Å²) in [6.07, 6.45) is 15.7. The van der Waals surface area contributed by atoms with Crippen LogP contribution in [0.3, 0.4) is 0 Å². The Bertz CT molecular complexity index is 1570. The number of ketones is 4. The number of aromatic nitrogens is 2. The minimum absolute atomic E-state index is 0.0510.